The third kappa shape index (κ3) is 5.60. The summed E-state index contributed by atoms with van der Waals surface area (Å²) >= 11 is 0. The fourth-order valence-corrected chi connectivity index (χ4v) is 4.33. The van der Waals surface area contributed by atoms with E-state index in [4.69, 9.17) is 9.40 Å². The molecule has 2 heterocycles. The molecule has 0 amide bonds. The standard InChI is InChI=1S/C24H30F3N5O2/c1-13-8-19(21-31-32-22(34-21)29-14-6-5-7-16(33)9-14)30-20-17(13)10-15(28-12-24(25,26)27)11-18(20)23(2,3)4/h8,10-11,14,16,28,33H,5-7,9,12H2,1-4H3,(H,29,32)/t14?,16-/m0/s1. The van der Waals surface area contributed by atoms with E-state index in [9.17, 15) is 18.3 Å². The number of alkyl halides is 3. The van der Waals surface area contributed by atoms with Crippen LogP contribution in [0.25, 0.3) is 22.5 Å². The number of aliphatic hydroxyl groups is 1. The summed E-state index contributed by atoms with van der Waals surface area (Å²) in [6.07, 6.45) is -1.36. The smallest absolute Gasteiger partial charge is 0.402 e. The molecule has 1 aliphatic carbocycles. The summed E-state index contributed by atoms with van der Waals surface area (Å²) < 4.78 is 44.1. The van der Waals surface area contributed by atoms with Crippen LogP contribution in [0.3, 0.4) is 0 Å². The topological polar surface area (TPSA) is 96.1 Å². The highest BCUT2D eigenvalue weighted by atomic mass is 19.4. The van der Waals surface area contributed by atoms with Crippen LogP contribution in [0.4, 0.5) is 24.9 Å². The molecule has 0 saturated heterocycles. The van der Waals surface area contributed by atoms with Crippen molar-refractivity contribution in [2.45, 2.75) is 77.1 Å². The molecule has 0 aliphatic heterocycles. The molecule has 1 unspecified atom stereocenters. The highest BCUT2D eigenvalue weighted by Gasteiger charge is 2.28. The molecule has 2 atom stereocenters. The molecule has 2 aromatic heterocycles. The number of rotatable bonds is 5. The average molecular weight is 478 g/mol. The van der Waals surface area contributed by atoms with Gasteiger partial charge in [-0.3, -0.25) is 0 Å². The molecule has 7 nitrogen and oxygen atoms in total. The van der Waals surface area contributed by atoms with Crippen molar-refractivity contribution in [1.29, 1.82) is 0 Å². The van der Waals surface area contributed by atoms with Crippen LogP contribution in [-0.2, 0) is 5.41 Å². The summed E-state index contributed by atoms with van der Waals surface area (Å²) in [4.78, 5) is 4.78. The second kappa shape index (κ2) is 9.05. The number of nitrogens with zero attached hydrogens (tertiary/aromatic N) is 3. The van der Waals surface area contributed by atoms with Crippen molar-refractivity contribution in [3.8, 4) is 11.6 Å². The zero-order chi connectivity index (χ0) is 24.7. The van der Waals surface area contributed by atoms with Gasteiger partial charge in [0.15, 0.2) is 0 Å². The summed E-state index contributed by atoms with van der Waals surface area (Å²) in [5, 5.41) is 24.6. The van der Waals surface area contributed by atoms with Crippen molar-refractivity contribution in [2.24, 2.45) is 0 Å². The number of pyridine rings is 1. The van der Waals surface area contributed by atoms with Gasteiger partial charge in [0.25, 0.3) is 5.89 Å². The van der Waals surface area contributed by atoms with Crippen molar-refractivity contribution >= 4 is 22.6 Å². The number of nitrogens with one attached hydrogen (secondary N) is 2. The van der Waals surface area contributed by atoms with Gasteiger partial charge in [0.2, 0.25) is 0 Å². The Morgan fingerprint density at radius 1 is 1.12 bits per heavy atom. The van der Waals surface area contributed by atoms with Gasteiger partial charge < -0.3 is 20.2 Å². The Kier molecular flexibility index (Phi) is 6.46. The Morgan fingerprint density at radius 2 is 1.88 bits per heavy atom. The summed E-state index contributed by atoms with van der Waals surface area (Å²) in [5.41, 5.74) is 2.86. The van der Waals surface area contributed by atoms with Crippen LogP contribution in [0.5, 0.6) is 0 Å². The van der Waals surface area contributed by atoms with Gasteiger partial charge in [-0.05, 0) is 67.3 Å². The Morgan fingerprint density at radius 3 is 2.56 bits per heavy atom. The first kappa shape index (κ1) is 24.3. The quantitative estimate of drug-likeness (QED) is 0.441. The molecule has 3 aromatic rings. The number of hydrogen-bond acceptors (Lipinski definition) is 7. The van der Waals surface area contributed by atoms with Gasteiger partial charge in [-0.1, -0.05) is 25.9 Å². The van der Waals surface area contributed by atoms with Gasteiger partial charge >= 0.3 is 12.2 Å². The Bertz CT molecular complexity index is 1170. The van der Waals surface area contributed by atoms with E-state index in [0.29, 0.717) is 23.3 Å². The number of fused-ring (bicyclic) bond motifs is 1. The highest BCUT2D eigenvalue weighted by Crippen LogP contribution is 2.35. The Hall–Kier alpha value is -2.88. The van der Waals surface area contributed by atoms with E-state index in [1.165, 1.54) is 0 Å². The van der Waals surface area contributed by atoms with E-state index in [-0.39, 0.29) is 29.5 Å². The molecule has 184 valence electrons. The predicted molar refractivity (Wildman–Crippen MR) is 125 cm³/mol. The Labute approximate surface area is 196 Å². The lowest BCUT2D eigenvalue weighted by molar-refractivity contribution is -0.115. The molecule has 10 heteroatoms. The largest absolute Gasteiger partial charge is 0.405 e. The molecule has 1 fully saturated rings. The molecular formula is C24H30F3N5O2. The van der Waals surface area contributed by atoms with Crippen molar-refractivity contribution in [3.63, 3.8) is 0 Å². The monoisotopic (exact) mass is 477 g/mol. The fraction of sp³-hybridized carbons (Fsp3) is 0.542. The van der Waals surface area contributed by atoms with Crippen LogP contribution in [0, 0.1) is 6.92 Å². The number of anilines is 2. The molecule has 1 aliphatic rings. The van der Waals surface area contributed by atoms with Crippen LogP contribution < -0.4 is 10.6 Å². The molecule has 4 rings (SSSR count). The number of hydrogen-bond donors (Lipinski definition) is 3. The molecule has 0 bridgehead atoms. The maximum atomic E-state index is 12.8. The molecule has 1 aromatic carbocycles. The zero-order valence-electron chi connectivity index (χ0n) is 19.8. The summed E-state index contributed by atoms with van der Waals surface area (Å²) in [7, 11) is 0. The van der Waals surface area contributed by atoms with E-state index in [0.717, 1.165) is 35.8 Å². The second-order valence-corrected chi connectivity index (χ2v) is 10.0. The van der Waals surface area contributed by atoms with E-state index in [1.807, 2.05) is 27.7 Å². The minimum absolute atomic E-state index is 0.0680. The maximum absolute atomic E-state index is 12.8. The number of aryl methyl sites for hydroxylation is 1. The van der Waals surface area contributed by atoms with Crippen LogP contribution in [0.15, 0.2) is 22.6 Å². The predicted octanol–water partition coefficient (Wildman–Crippen LogP) is 5.58. The SMILES string of the molecule is Cc1cc(-c2nnc(NC3CCC[C@H](O)C3)o2)nc2c(C(C)(C)C)cc(NCC(F)(F)F)cc12. The molecule has 0 spiro atoms. The third-order valence-corrected chi connectivity index (χ3v) is 6.04. The molecule has 0 radical (unpaired) electrons. The van der Waals surface area contributed by atoms with Gasteiger partial charge in [-0.15, -0.1) is 5.10 Å². The van der Waals surface area contributed by atoms with E-state index in [2.05, 4.69) is 20.8 Å². The van der Waals surface area contributed by atoms with Gasteiger partial charge in [0, 0.05) is 17.1 Å². The van der Waals surface area contributed by atoms with E-state index >= 15 is 0 Å². The number of halogens is 3. The minimum atomic E-state index is -4.31. The lowest BCUT2D eigenvalue weighted by Crippen LogP contribution is -2.29. The van der Waals surface area contributed by atoms with Crippen LogP contribution >= 0.6 is 0 Å². The second-order valence-electron chi connectivity index (χ2n) is 10.0. The summed E-state index contributed by atoms with van der Waals surface area (Å²) in [6.45, 7) is 6.75. The van der Waals surface area contributed by atoms with Crippen molar-refractivity contribution < 1.29 is 22.7 Å². The molecule has 34 heavy (non-hydrogen) atoms. The van der Waals surface area contributed by atoms with Gasteiger partial charge in [0.1, 0.15) is 12.2 Å². The summed E-state index contributed by atoms with van der Waals surface area (Å²) in [6, 6.07) is 5.55. The molecular weight excluding hydrogens is 447 g/mol. The first-order chi connectivity index (χ1) is 15.9. The third-order valence-electron chi connectivity index (χ3n) is 6.04. The van der Waals surface area contributed by atoms with E-state index in [1.54, 1.807) is 18.2 Å². The number of aliphatic hydroxyl groups excluding tert-OH is 1. The highest BCUT2D eigenvalue weighted by molar-refractivity contribution is 5.90. The van der Waals surface area contributed by atoms with Crippen LogP contribution in [0.1, 0.15) is 57.6 Å². The fourth-order valence-electron chi connectivity index (χ4n) is 4.33. The van der Waals surface area contributed by atoms with Crippen molar-refractivity contribution in [2.75, 3.05) is 17.2 Å². The van der Waals surface area contributed by atoms with Crippen molar-refractivity contribution in [1.82, 2.24) is 15.2 Å². The number of benzene rings is 1. The minimum Gasteiger partial charge on any atom is -0.402 e. The van der Waals surface area contributed by atoms with Crippen molar-refractivity contribution in [3.05, 3.63) is 29.3 Å². The van der Waals surface area contributed by atoms with Crippen LogP contribution in [-0.4, -0.2) is 45.2 Å². The summed E-state index contributed by atoms with van der Waals surface area (Å²) in [5.74, 6) is 0.253. The number of aromatic nitrogens is 3. The van der Waals surface area contributed by atoms with Gasteiger partial charge in [-0.2, -0.15) is 13.2 Å². The lowest BCUT2D eigenvalue weighted by atomic mass is 9.84. The normalized spacial score (nSPS) is 19.4. The average Bonchev–Trinajstić information content (AvgIpc) is 3.19. The van der Waals surface area contributed by atoms with E-state index < -0.39 is 12.7 Å². The maximum Gasteiger partial charge on any atom is 0.405 e. The lowest BCUT2D eigenvalue weighted by Gasteiger charge is -2.25. The van der Waals surface area contributed by atoms with Gasteiger partial charge in [-0.25, -0.2) is 4.98 Å². The first-order valence-corrected chi connectivity index (χ1v) is 11.4. The first-order valence-electron chi connectivity index (χ1n) is 11.4. The zero-order valence-corrected chi connectivity index (χ0v) is 19.8. The van der Waals surface area contributed by atoms with Crippen LogP contribution in [0.2, 0.25) is 0 Å². The molecule has 3 N–H and O–H groups in total. The Balaban J connectivity index is 1.68. The molecule has 1 saturated carbocycles. The van der Waals surface area contributed by atoms with Gasteiger partial charge in [0.05, 0.1) is 11.6 Å².